The smallest absolute Gasteiger partial charge is 0.217 e. The summed E-state index contributed by atoms with van der Waals surface area (Å²) < 4.78 is -1.69. The van der Waals surface area contributed by atoms with Crippen LogP contribution in [0.2, 0.25) is 0 Å². The lowest BCUT2D eigenvalue weighted by Crippen LogP contribution is -2.09. The van der Waals surface area contributed by atoms with E-state index < -0.39 is 3.79 Å². The van der Waals surface area contributed by atoms with Crippen LogP contribution in [0.25, 0.3) is 22.5 Å². The lowest BCUT2D eigenvalue weighted by molar-refractivity contribution is 0.924. The van der Waals surface area contributed by atoms with Crippen LogP contribution in [0.1, 0.15) is 11.4 Å². The second-order valence-corrected chi connectivity index (χ2v) is 7.33. The number of aromatic nitrogens is 3. The number of hydrogen-bond acceptors (Lipinski definition) is 3. The minimum Gasteiger partial charge on any atom is -0.217 e. The number of rotatable bonds is 2. The van der Waals surface area contributed by atoms with E-state index in [0.717, 1.165) is 22.3 Å². The zero-order chi connectivity index (χ0) is 16.4. The van der Waals surface area contributed by atoms with Gasteiger partial charge < -0.3 is 0 Å². The van der Waals surface area contributed by atoms with Gasteiger partial charge >= 0.3 is 0 Å². The molecular weight excluding hydrogens is 353 g/mol. The van der Waals surface area contributed by atoms with Crippen molar-refractivity contribution in [1.82, 2.24) is 15.0 Å². The first-order chi connectivity index (χ1) is 10.9. The molecule has 0 unspecified atom stereocenters. The predicted molar refractivity (Wildman–Crippen MR) is 94.7 cm³/mol. The van der Waals surface area contributed by atoms with Crippen molar-refractivity contribution in [1.29, 1.82) is 0 Å². The van der Waals surface area contributed by atoms with Gasteiger partial charge in [0, 0.05) is 5.56 Å². The van der Waals surface area contributed by atoms with E-state index in [2.05, 4.69) is 15.0 Å². The predicted octanol–water partition coefficient (Wildman–Crippen LogP) is 5.34. The molecule has 0 amide bonds. The Kier molecular flexibility index (Phi) is 4.53. The fourth-order valence-electron chi connectivity index (χ4n) is 2.28. The first kappa shape index (κ1) is 16.2. The fraction of sp³-hybridized carbons (Fsp3) is 0.118. The standard InChI is InChI=1S/C17H12Cl3N3/c1-11-7-8-13(12-5-3-2-4-6-12)14(9-11)15-21-10-22-16(23-15)17(18,19)20/h2-10H,1H3. The highest BCUT2D eigenvalue weighted by atomic mass is 35.6. The molecule has 116 valence electrons. The van der Waals surface area contributed by atoms with Crippen LogP contribution in [0.5, 0.6) is 0 Å². The zero-order valence-corrected chi connectivity index (χ0v) is 14.4. The minimum atomic E-state index is -1.69. The van der Waals surface area contributed by atoms with E-state index in [-0.39, 0.29) is 5.82 Å². The Hall–Kier alpha value is -1.68. The summed E-state index contributed by atoms with van der Waals surface area (Å²) in [7, 11) is 0. The maximum Gasteiger partial charge on any atom is 0.250 e. The number of nitrogens with zero attached hydrogens (tertiary/aromatic N) is 3. The van der Waals surface area contributed by atoms with Crippen molar-refractivity contribution in [2.24, 2.45) is 0 Å². The molecule has 1 aromatic heterocycles. The summed E-state index contributed by atoms with van der Waals surface area (Å²) in [6.45, 7) is 2.01. The number of benzene rings is 2. The Bertz CT molecular complexity index is 830. The third-order valence-corrected chi connectivity index (χ3v) is 3.83. The second kappa shape index (κ2) is 6.44. The van der Waals surface area contributed by atoms with Crippen LogP contribution in [-0.2, 0) is 3.79 Å². The maximum atomic E-state index is 5.88. The van der Waals surface area contributed by atoms with Gasteiger partial charge in [0.25, 0.3) is 0 Å². The second-order valence-electron chi connectivity index (χ2n) is 5.05. The lowest BCUT2D eigenvalue weighted by Gasteiger charge is -2.13. The third-order valence-electron chi connectivity index (χ3n) is 3.33. The fourth-order valence-corrected chi connectivity index (χ4v) is 2.55. The Balaban J connectivity index is 2.19. The molecule has 3 nitrogen and oxygen atoms in total. The van der Waals surface area contributed by atoms with Crippen molar-refractivity contribution in [3.63, 3.8) is 0 Å². The Morgan fingerprint density at radius 1 is 0.870 bits per heavy atom. The van der Waals surface area contributed by atoms with E-state index in [0.29, 0.717) is 5.82 Å². The number of halogens is 3. The van der Waals surface area contributed by atoms with E-state index in [1.165, 1.54) is 6.33 Å². The molecule has 0 atom stereocenters. The quantitative estimate of drug-likeness (QED) is 0.576. The number of alkyl halides is 3. The van der Waals surface area contributed by atoms with Gasteiger partial charge in [0.1, 0.15) is 6.33 Å². The molecule has 0 saturated carbocycles. The van der Waals surface area contributed by atoms with Crippen molar-refractivity contribution in [3.05, 3.63) is 66.2 Å². The van der Waals surface area contributed by atoms with Crippen molar-refractivity contribution >= 4 is 34.8 Å². The summed E-state index contributed by atoms with van der Waals surface area (Å²) in [6.07, 6.45) is 1.36. The Morgan fingerprint density at radius 3 is 2.30 bits per heavy atom. The summed E-state index contributed by atoms with van der Waals surface area (Å²) in [5, 5.41) is 0. The van der Waals surface area contributed by atoms with Crippen molar-refractivity contribution in [3.8, 4) is 22.5 Å². The summed E-state index contributed by atoms with van der Waals surface area (Å²) in [5.74, 6) is 0.580. The normalized spacial score (nSPS) is 11.5. The SMILES string of the molecule is Cc1ccc(-c2ccccc2)c(-c2ncnc(C(Cl)(Cl)Cl)n2)c1. The summed E-state index contributed by atoms with van der Waals surface area (Å²) in [4.78, 5) is 12.5. The lowest BCUT2D eigenvalue weighted by atomic mass is 9.97. The molecule has 1 heterocycles. The van der Waals surface area contributed by atoms with Gasteiger partial charge in [0.05, 0.1) is 0 Å². The van der Waals surface area contributed by atoms with Gasteiger partial charge in [0.2, 0.25) is 3.79 Å². The van der Waals surface area contributed by atoms with Gasteiger partial charge in [-0.25, -0.2) is 15.0 Å². The molecule has 0 bridgehead atoms. The largest absolute Gasteiger partial charge is 0.250 e. The van der Waals surface area contributed by atoms with Crippen LogP contribution in [0.3, 0.4) is 0 Å². The number of hydrogen-bond donors (Lipinski definition) is 0. The van der Waals surface area contributed by atoms with Gasteiger partial charge in [-0.1, -0.05) is 82.8 Å². The number of aryl methyl sites for hydroxylation is 1. The van der Waals surface area contributed by atoms with Gasteiger partial charge in [-0.15, -0.1) is 0 Å². The van der Waals surface area contributed by atoms with E-state index in [1.54, 1.807) is 0 Å². The average molecular weight is 365 g/mol. The van der Waals surface area contributed by atoms with Crippen LogP contribution in [0.15, 0.2) is 54.9 Å². The van der Waals surface area contributed by atoms with Crippen molar-refractivity contribution < 1.29 is 0 Å². The molecule has 0 radical (unpaired) electrons. The van der Waals surface area contributed by atoms with Crippen LogP contribution >= 0.6 is 34.8 Å². The topological polar surface area (TPSA) is 38.7 Å². The van der Waals surface area contributed by atoms with E-state index >= 15 is 0 Å². The monoisotopic (exact) mass is 363 g/mol. The highest BCUT2D eigenvalue weighted by Gasteiger charge is 2.27. The first-order valence-electron chi connectivity index (χ1n) is 6.88. The molecule has 2 aromatic carbocycles. The zero-order valence-electron chi connectivity index (χ0n) is 12.2. The average Bonchev–Trinajstić information content (AvgIpc) is 2.55. The van der Waals surface area contributed by atoms with Crippen molar-refractivity contribution in [2.45, 2.75) is 10.7 Å². The van der Waals surface area contributed by atoms with Crippen LogP contribution < -0.4 is 0 Å². The molecule has 3 rings (SSSR count). The third kappa shape index (κ3) is 3.63. The minimum absolute atomic E-state index is 0.105. The van der Waals surface area contributed by atoms with Crippen LogP contribution in [0, 0.1) is 6.92 Å². The molecule has 6 heteroatoms. The molecule has 0 N–H and O–H groups in total. The molecule has 0 fully saturated rings. The Morgan fingerprint density at radius 2 is 1.61 bits per heavy atom. The molecule has 23 heavy (non-hydrogen) atoms. The molecule has 0 saturated heterocycles. The van der Waals surface area contributed by atoms with E-state index in [4.69, 9.17) is 34.8 Å². The van der Waals surface area contributed by atoms with Gasteiger partial charge in [-0.05, 0) is 24.1 Å². The molecule has 3 aromatic rings. The van der Waals surface area contributed by atoms with Gasteiger partial charge in [-0.2, -0.15) is 0 Å². The van der Waals surface area contributed by atoms with Gasteiger partial charge in [0.15, 0.2) is 11.6 Å². The molecule has 0 aliphatic heterocycles. The van der Waals surface area contributed by atoms with Gasteiger partial charge in [-0.3, -0.25) is 0 Å². The van der Waals surface area contributed by atoms with E-state index in [1.807, 2.05) is 55.5 Å². The molecule has 0 spiro atoms. The van der Waals surface area contributed by atoms with Crippen LogP contribution in [0.4, 0.5) is 0 Å². The summed E-state index contributed by atoms with van der Waals surface area (Å²) in [6, 6.07) is 16.1. The van der Waals surface area contributed by atoms with Crippen LogP contribution in [-0.4, -0.2) is 15.0 Å². The van der Waals surface area contributed by atoms with E-state index in [9.17, 15) is 0 Å². The highest BCUT2D eigenvalue weighted by Crippen LogP contribution is 2.37. The van der Waals surface area contributed by atoms with Crippen molar-refractivity contribution in [2.75, 3.05) is 0 Å². The first-order valence-corrected chi connectivity index (χ1v) is 8.01. The highest BCUT2D eigenvalue weighted by molar-refractivity contribution is 6.66. The summed E-state index contributed by atoms with van der Waals surface area (Å²) >= 11 is 17.7. The molecule has 0 aliphatic carbocycles. The summed E-state index contributed by atoms with van der Waals surface area (Å²) in [5.41, 5.74) is 4.04. The maximum absolute atomic E-state index is 5.88. The Labute approximate surface area is 149 Å². The molecule has 0 aliphatic rings. The molecular formula is C17H12Cl3N3.